The molecule has 0 aromatic carbocycles. The van der Waals surface area contributed by atoms with Gasteiger partial charge >= 0.3 is 35.8 Å². The quantitative estimate of drug-likeness (QED) is 0.231. The van der Waals surface area contributed by atoms with Crippen molar-refractivity contribution in [1.29, 1.82) is 0 Å². The van der Waals surface area contributed by atoms with Crippen molar-refractivity contribution >= 4 is 47.4 Å². The lowest BCUT2D eigenvalue weighted by Crippen LogP contribution is -2.58. The van der Waals surface area contributed by atoms with Crippen LogP contribution in [-0.2, 0) is 66.8 Å². The monoisotopic (exact) mass is 650 g/mol. The molecule has 46 heavy (non-hydrogen) atoms. The third-order valence-corrected chi connectivity index (χ3v) is 7.81. The van der Waals surface area contributed by atoms with Crippen molar-refractivity contribution in [1.82, 2.24) is 0 Å². The summed E-state index contributed by atoms with van der Waals surface area (Å²) in [5.41, 5.74) is -6.07. The van der Waals surface area contributed by atoms with Crippen LogP contribution in [0.15, 0.2) is 24.3 Å². The highest BCUT2D eigenvalue weighted by atomic mass is 16.6. The van der Waals surface area contributed by atoms with Crippen molar-refractivity contribution in [3.05, 3.63) is 24.3 Å². The molecule has 5 unspecified atom stereocenters. The number of carbonyl (C=O) groups is 8. The van der Waals surface area contributed by atoms with E-state index in [0.29, 0.717) is 0 Å². The van der Waals surface area contributed by atoms with Crippen molar-refractivity contribution in [2.24, 2.45) is 17.3 Å². The van der Waals surface area contributed by atoms with Gasteiger partial charge in [-0.15, -0.1) is 0 Å². The molecule has 8 atom stereocenters. The first kappa shape index (κ1) is 37.8. The number of hydrogen-bond donors (Lipinski definition) is 0. The van der Waals surface area contributed by atoms with E-state index in [1.54, 1.807) is 0 Å². The summed E-state index contributed by atoms with van der Waals surface area (Å²) in [4.78, 5) is 104. The first-order chi connectivity index (χ1) is 21.0. The summed E-state index contributed by atoms with van der Waals surface area (Å²) in [5, 5.41) is 0. The molecule has 0 aromatic rings. The summed E-state index contributed by atoms with van der Waals surface area (Å²) in [5.74, 6) is -9.97. The topological polar surface area (TPSA) is 192 Å². The SMILES string of the molecule is C=C1C(OC(C)=O)C(OC(C)=O)C(=O)C(C)(C)/C=C/[C@@H](C)C(=O)C2(OC(C)=O)CC(C)(OC(C)=O)C(OC(C)=O)[C@@H]2[C@@H]1OC(C)=O. The second-order valence-corrected chi connectivity index (χ2v) is 12.4. The lowest BCUT2D eigenvalue weighted by atomic mass is 9.72. The van der Waals surface area contributed by atoms with E-state index in [0.717, 1.165) is 41.5 Å². The number of allylic oxidation sites excluding steroid dienone is 2. The highest BCUT2D eigenvalue weighted by Gasteiger charge is 2.72. The maximum atomic E-state index is 14.6. The molecule has 0 N–H and O–H groups in total. The van der Waals surface area contributed by atoms with E-state index in [-0.39, 0.29) is 0 Å². The average molecular weight is 651 g/mol. The maximum Gasteiger partial charge on any atom is 0.303 e. The normalized spacial score (nSPS) is 33.2. The summed E-state index contributed by atoms with van der Waals surface area (Å²) in [6.07, 6.45) is -5.02. The van der Waals surface area contributed by atoms with Crippen molar-refractivity contribution < 1.29 is 66.8 Å². The van der Waals surface area contributed by atoms with Crippen molar-refractivity contribution in [2.45, 2.75) is 111 Å². The number of carbonyl (C=O) groups excluding carboxylic acids is 8. The van der Waals surface area contributed by atoms with E-state index in [1.165, 1.54) is 39.8 Å². The Hall–Kier alpha value is -4.36. The van der Waals surface area contributed by atoms with Crippen LogP contribution in [0, 0.1) is 17.3 Å². The van der Waals surface area contributed by atoms with Gasteiger partial charge in [0.25, 0.3) is 0 Å². The van der Waals surface area contributed by atoms with Gasteiger partial charge in [-0.3, -0.25) is 38.4 Å². The molecular weight excluding hydrogens is 608 g/mol. The number of hydrogen-bond acceptors (Lipinski definition) is 14. The summed E-state index contributed by atoms with van der Waals surface area (Å²) < 4.78 is 33.7. The van der Waals surface area contributed by atoms with Crippen LogP contribution in [0.3, 0.4) is 0 Å². The molecule has 0 heterocycles. The third-order valence-electron chi connectivity index (χ3n) is 7.81. The summed E-state index contributed by atoms with van der Waals surface area (Å²) in [7, 11) is 0. The summed E-state index contributed by atoms with van der Waals surface area (Å²) >= 11 is 0. The van der Waals surface area contributed by atoms with Crippen molar-refractivity contribution in [3.8, 4) is 0 Å². The van der Waals surface area contributed by atoms with Crippen LogP contribution in [-0.4, -0.2) is 83.0 Å². The molecule has 0 amide bonds. The zero-order valence-electron chi connectivity index (χ0n) is 27.7. The summed E-state index contributed by atoms with van der Waals surface area (Å²) in [6.45, 7) is 15.9. The van der Waals surface area contributed by atoms with Gasteiger partial charge in [-0.2, -0.15) is 0 Å². The minimum Gasteiger partial charge on any atom is -0.458 e. The van der Waals surface area contributed by atoms with Crippen LogP contribution >= 0.6 is 0 Å². The van der Waals surface area contributed by atoms with E-state index in [1.807, 2.05) is 0 Å². The van der Waals surface area contributed by atoms with Crippen molar-refractivity contribution in [2.75, 3.05) is 0 Å². The Labute approximate surface area is 267 Å². The fraction of sp³-hybridized carbons (Fsp3) is 0.625. The van der Waals surface area contributed by atoms with E-state index in [9.17, 15) is 38.4 Å². The van der Waals surface area contributed by atoms with Gasteiger partial charge < -0.3 is 28.4 Å². The Bertz CT molecular complexity index is 1360. The number of Topliss-reactive ketones (excluding diaryl/α,β-unsaturated/α-hetero) is 2. The number of esters is 6. The van der Waals surface area contributed by atoms with Crippen LogP contribution in [0.2, 0.25) is 0 Å². The predicted molar refractivity (Wildman–Crippen MR) is 156 cm³/mol. The molecule has 0 aromatic heterocycles. The molecule has 254 valence electrons. The second kappa shape index (κ2) is 14.0. The molecule has 14 nitrogen and oxygen atoms in total. The molecule has 1 saturated carbocycles. The fourth-order valence-electron chi connectivity index (χ4n) is 6.20. The largest absolute Gasteiger partial charge is 0.458 e. The third kappa shape index (κ3) is 8.07. The zero-order chi connectivity index (χ0) is 35.5. The molecule has 1 fully saturated rings. The first-order valence-electron chi connectivity index (χ1n) is 14.5. The molecule has 2 rings (SSSR count). The molecule has 14 heteroatoms. The minimum absolute atomic E-state index is 0.392. The Morgan fingerprint density at radius 1 is 0.674 bits per heavy atom. The van der Waals surface area contributed by atoms with Crippen LogP contribution in [0.1, 0.15) is 75.7 Å². The highest BCUT2D eigenvalue weighted by molar-refractivity contribution is 5.95. The van der Waals surface area contributed by atoms with Crippen LogP contribution in [0.4, 0.5) is 0 Å². The highest BCUT2D eigenvalue weighted by Crippen LogP contribution is 2.54. The molecule has 2 aliphatic rings. The van der Waals surface area contributed by atoms with E-state index in [4.69, 9.17) is 28.4 Å². The van der Waals surface area contributed by atoms with Crippen LogP contribution in [0.25, 0.3) is 0 Å². The average Bonchev–Trinajstić information content (AvgIpc) is 3.11. The number of ether oxygens (including phenoxy) is 6. The first-order valence-corrected chi connectivity index (χ1v) is 14.5. The number of ketones is 2. The van der Waals surface area contributed by atoms with Gasteiger partial charge in [0.15, 0.2) is 35.0 Å². The Morgan fingerprint density at radius 3 is 1.59 bits per heavy atom. The Kier molecular flexibility index (Phi) is 11.5. The van der Waals surface area contributed by atoms with Gasteiger partial charge in [-0.1, -0.05) is 25.7 Å². The van der Waals surface area contributed by atoms with E-state index < -0.39 is 112 Å². The van der Waals surface area contributed by atoms with Crippen LogP contribution < -0.4 is 0 Å². The molecular formula is C32H42O14. The molecule has 0 bridgehead atoms. The van der Waals surface area contributed by atoms with Gasteiger partial charge in [0.1, 0.15) is 6.10 Å². The molecule has 0 saturated heterocycles. The zero-order valence-corrected chi connectivity index (χ0v) is 27.7. The maximum absolute atomic E-state index is 14.6. The van der Waals surface area contributed by atoms with Gasteiger partial charge in [-0.25, -0.2) is 0 Å². The van der Waals surface area contributed by atoms with Gasteiger partial charge in [0.2, 0.25) is 6.10 Å². The van der Waals surface area contributed by atoms with Crippen LogP contribution in [0.5, 0.6) is 0 Å². The molecule has 0 radical (unpaired) electrons. The number of fused-ring (bicyclic) bond motifs is 1. The van der Waals surface area contributed by atoms with Gasteiger partial charge in [0, 0.05) is 64.9 Å². The Balaban J connectivity index is 3.21. The van der Waals surface area contributed by atoms with E-state index in [2.05, 4.69) is 6.58 Å². The molecule has 0 spiro atoms. The summed E-state index contributed by atoms with van der Waals surface area (Å²) in [6, 6.07) is 0. The minimum atomic E-state index is -2.34. The fourth-order valence-corrected chi connectivity index (χ4v) is 6.20. The van der Waals surface area contributed by atoms with Gasteiger partial charge in [-0.05, 0) is 20.8 Å². The lowest BCUT2D eigenvalue weighted by Gasteiger charge is -2.42. The second-order valence-electron chi connectivity index (χ2n) is 12.4. The standard InChI is InChI=1S/C32H42O14/c1-15-12-13-30(9,10)28(40)26(43-19(5)35)25(42-18(4)34)16(2)24(41-17(3)33)23-29(44-20(6)36)31(11,45-21(7)37)14-32(23,27(15)39)46-22(8)38/h12-13,15,23-26,29H,2,14H2,1,3-11H3/b13-12+/t15-,23+,24-,25?,26?,29?,31?,32?/m1/s1. The molecule has 0 aliphatic heterocycles. The smallest absolute Gasteiger partial charge is 0.303 e. The van der Waals surface area contributed by atoms with Gasteiger partial charge in [0.05, 0.1) is 5.92 Å². The lowest BCUT2D eigenvalue weighted by molar-refractivity contribution is -0.191. The molecule has 2 aliphatic carbocycles. The van der Waals surface area contributed by atoms with Crippen molar-refractivity contribution in [3.63, 3.8) is 0 Å². The van der Waals surface area contributed by atoms with E-state index >= 15 is 0 Å². The number of rotatable bonds is 6. The Morgan fingerprint density at radius 2 is 1.13 bits per heavy atom. The predicted octanol–water partition coefficient (Wildman–Crippen LogP) is 2.28.